The normalized spacial score (nSPS) is 20.6. The van der Waals surface area contributed by atoms with Crippen molar-refractivity contribution in [2.24, 2.45) is 0 Å². The van der Waals surface area contributed by atoms with Crippen molar-refractivity contribution in [1.82, 2.24) is 5.32 Å². The molecule has 0 unspecified atom stereocenters. The van der Waals surface area contributed by atoms with Crippen LogP contribution >= 0.6 is 0 Å². The second-order valence-electron chi connectivity index (χ2n) is 1.62. The second-order valence-corrected chi connectivity index (χ2v) is 1.62. The van der Waals surface area contributed by atoms with Gasteiger partial charge in [0.2, 0.25) is 0 Å². The molecule has 0 bridgehead atoms. The molecule has 1 fully saturated rings. The Balaban J connectivity index is 0.000000360. The van der Waals surface area contributed by atoms with Gasteiger partial charge in [0.25, 0.3) is 0 Å². The molecule has 0 saturated carbocycles. The Hall–Kier alpha value is 0.960. The molecule has 0 aromatic carbocycles. The van der Waals surface area contributed by atoms with Gasteiger partial charge in [-0.05, 0) is 32.4 Å². The molecule has 1 saturated heterocycles. The molecule has 37 valence electrons. The van der Waals surface area contributed by atoms with E-state index in [0.29, 0.717) is 0 Å². The molecule has 0 atom stereocenters. The van der Waals surface area contributed by atoms with Gasteiger partial charge in [-0.2, -0.15) is 0 Å². The molecule has 1 heterocycles. The maximum absolute atomic E-state index is 3.25. The van der Waals surface area contributed by atoms with Crippen molar-refractivity contribution in [1.29, 1.82) is 0 Å². The Labute approximate surface area is 67.2 Å². The number of piperidine rings is 1. The van der Waals surface area contributed by atoms with E-state index < -0.39 is 0 Å². The summed E-state index contributed by atoms with van der Waals surface area (Å²) in [6.07, 6.45) is 4.86. The number of rotatable bonds is 0. The van der Waals surface area contributed by atoms with Gasteiger partial charge in [-0.25, -0.2) is 0 Å². The van der Waals surface area contributed by atoms with Crippen molar-refractivity contribution in [2.45, 2.75) is 12.8 Å². The molecule has 0 aliphatic carbocycles. The first kappa shape index (κ1) is 7.96. The van der Waals surface area contributed by atoms with E-state index in [-0.39, 0.29) is 29.6 Å². The van der Waals surface area contributed by atoms with Crippen LogP contribution in [0.1, 0.15) is 12.8 Å². The summed E-state index contributed by atoms with van der Waals surface area (Å²) in [6.45, 7) is 2.39. The first-order valence-electron chi connectivity index (χ1n) is 2.52. The van der Waals surface area contributed by atoms with Gasteiger partial charge in [0.05, 0.1) is 0 Å². The number of nitrogens with one attached hydrogen (secondary N) is 1. The topological polar surface area (TPSA) is 12.0 Å². The Bertz CT molecular complexity index is 23.6. The van der Waals surface area contributed by atoms with Crippen LogP contribution in [-0.4, -0.2) is 42.6 Å². The van der Waals surface area contributed by atoms with Crippen LogP contribution in [0.15, 0.2) is 0 Å². The molecule has 0 amide bonds. The Morgan fingerprint density at radius 1 is 1.14 bits per heavy atom. The van der Waals surface area contributed by atoms with Crippen molar-refractivity contribution in [3.05, 3.63) is 6.42 Å². The molecular formula is C5H11NNa. The van der Waals surface area contributed by atoms with Crippen LogP contribution in [0.2, 0.25) is 0 Å². The zero-order chi connectivity index (χ0) is 4.24. The van der Waals surface area contributed by atoms with Crippen LogP contribution in [-0.2, 0) is 0 Å². The summed E-state index contributed by atoms with van der Waals surface area (Å²) < 4.78 is 0. The Morgan fingerprint density at radius 2 is 1.71 bits per heavy atom. The van der Waals surface area contributed by atoms with E-state index in [4.69, 9.17) is 0 Å². The van der Waals surface area contributed by atoms with Crippen LogP contribution < -0.4 is 5.32 Å². The minimum atomic E-state index is 0. The quantitative estimate of drug-likeness (QED) is 0.428. The average molecular weight is 108 g/mol. The first-order chi connectivity index (χ1) is 3.00. The molecule has 0 spiro atoms. The van der Waals surface area contributed by atoms with Crippen molar-refractivity contribution >= 4 is 29.6 Å². The summed E-state index contributed by atoms with van der Waals surface area (Å²) in [4.78, 5) is 0. The van der Waals surface area contributed by atoms with Gasteiger partial charge < -0.3 is 5.32 Å². The molecule has 2 heteroatoms. The number of hydrogen-bond acceptors (Lipinski definition) is 1. The third-order valence-electron chi connectivity index (χ3n) is 1.05. The van der Waals surface area contributed by atoms with E-state index >= 15 is 0 Å². The van der Waals surface area contributed by atoms with Gasteiger partial charge >= 0.3 is 29.6 Å². The minimum absolute atomic E-state index is 0. The average Bonchev–Trinajstić information content (AvgIpc) is 1.72. The molecule has 0 aromatic rings. The van der Waals surface area contributed by atoms with Crippen LogP contribution in [0.4, 0.5) is 0 Å². The summed E-state index contributed by atoms with van der Waals surface area (Å²) in [5, 5.41) is 3.25. The fraction of sp³-hybridized carbons (Fsp3) is 0.800. The molecule has 1 rings (SSSR count). The third kappa shape index (κ3) is 3.53. The van der Waals surface area contributed by atoms with Crippen LogP contribution in [0, 0.1) is 6.42 Å². The number of hydrogen-bond donors (Lipinski definition) is 1. The third-order valence-corrected chi connectivity index (χ3v) is 1.05. The summed E-state index contributed by atoms with van der Waals surface area (Å²) in [7, 11) is 0. The van der Waals surface area contributed by atoms with E-state index in [1.807, 2.05) is 0 Å². The van der Waals surface area contributed by atoms with E-state index in [1.54, 1.807) is 0 Å². The fourth-order valence-electron chi connectivity index (χ4n) is 0.678. The van der Waals surface area contributed by atoms with Crippen LogP contribution in [0.3, 0.4) is 0 Å². The zero-order valence-electron chi connectivity index (χ0n) is 3.91. The summed E-state index contributed by atoms with van der Waals surface area (Å²) in [5.74, 6) is 0. The van der Waals surface area contributed by atoms with Gasteiger partial charge in [-0.15, -0.1) is 0 Å². The first-order valence-corrected chi connectivity index (χ1v) is 2.52. The van der Waals surface area contributed by atoms with Gasteiger partial charge in [0.15, 0.2) is 0 Å². The summed E-state index contributed by atoms with van der Waals surface area (Å²) in [6, 6.07) is 0. The van der Waals surface area contributed by atoms with Crippen LogP contribution in [0.25, 0.3) is 0 Å². The SMILES string of the molecule is [CH]1CCNCC1.[NaH]. The van der Waals surface area contributed by atoms with Crippen molar-refractivity contribution < 1.29 is 0 Å². The zero-order valence-corrected chi connectivity index (χ0v) is 3.91. The van der Waals surface area contributed by atoms with Crippen molar-refractivity contribution in [3.63, 3.8) is 0 Å². The molecule has 7 heavy (non-hydrogen) atoms. The van der Waals surface area contributed by atoms with E-state index in [2.05, 4.69) is 11.7 Å². The van der Waals surface area contributed by atoms with Crippen molar-refractivity contribution in [2.75, 3.05) is 13.1 Å². The standard InChI is InChI=1S/C5H10N.Na.H/c1-2-4-6-5-3-1;;/h1,6H,2-5H2;;. The van der Waals surface area contributed by atoms with Gasteiger partial charge in [0, 0.05) is 0 Å². The van der Waals surface area contributed by atoms with E-state index in [0.717, 1.165) is 0 Å². The molecule has 1 radical (unpaired) electrons. The molecule has 1 aliphatic heterocycles. The predicted octanol–water partition coefficient (Wildman–Crippen LogP) is -0.0744. The fourth-order valence-corrected chi connectivity index (χ4v) is 0.678. The molecule has 1 nitrogen and oxygen atoms in total. The molecule has 0 aromatic heterocycles. The van der Waals surface area contributed by atoms with Crippen LogP contribution in [0.5, 0.6) is 0 Å². The van der Waals surface area contributed by atoms with E-state index in [9.17, 15) is 0 Å². The van der Waals surface area contributed by atoms with Gasteiger partial charge in [-0.1, -0.05) is 0 Å². The molecule has 1 aliphatic rings. The Kier molecular flexibility index (Phi) is 5.80. The summed E-state index contributed by atoms with van der Waals surface area (Å²) in [5.41, 5.74) is 0. The maximum atomic E-state index is 3.25. The van der Waals surface area contributed by atoms with Gasteiger partial charge in [0.1, 0.15) is 0 Å². The predicted molar refractivity (Wildman–Crippen MR) is 33.6 cm³/mol. The Morgan fingerprint density at radius 3 is 1.86 bits per heavy atom. The van der Waals surface area contributed by atoms with E-state index in [1.165, 1.54) is 25.9 Å². The molecular weight excluding hydrogens is 97.1 g/mol. The second kappa shape index (κ2) is 5.10. The van der Waals surface area contributed by atoms with Crippen molar-refractivity contribution in [3.8, 4) is 0 Å². The molecule has 1 N–H and O–H groups in total. The van der Waals surface area contributed by atoms with Gasteiger partial charge in [-0.3, -0.25) is 0 Å². The monoisotopic (exact) mass is 108 g/mol. The summed E-state index contributed by atoms with van der Waals surface area (Å²) >= 11 is 0.